The second-order valence-electron chi connectivity index (χ2n) is 5.18. The molecule has 0 aliphatic heterocycles. The van der Waals surface area contributed by atoms with E-state index in [0.717, 1.165) is 21.1 Å². The summed E-state index contributed by atoms with van der Waals surface area (Å²) in [7, 11) is 0. The molecule has 0 aliphatic rings. The van der Waals surface area contributed by atoms with Crippen molar-refractivity contribution in [2.24, 2.45) is 0 Å². The van der Waals surface area contributed by atoms with Gasteiger partial charge in [0, 0.05) is 23.5 Å². The van der Waals surface area contributed by atoms with Crippen LogP contribution in [0.15, 0.2) is 30.5 Å². The van der Waals surface area contributed by atoms with E-state index in [1.165, 1.54) is 6.92 Å². The van der Waals surface area contributed by atoms with Crippen molar-refractivity contribution < 1.29 is 19.8 Å². The van der Waals surface area contributed by atoms with Crippen LogP contribution in [0.5, 0.6) is 0 Å². The number of carboxylic acid groups (broad SMARTS) is 2. The standard InChI is InChI=1S/C15H14N4O4/c1-8(14(20)21)19-12(13(15(22)23)17-18-19)6-9-7-16-11-5-3-2-4-10(9)11/h2-5,7-8,16H,6H2,1H3,(H,20,21)(H,22,23). The molecule has 0 saturated heterocycles. The van der Waals surface area contributed by atoms with Crippen LogP contribution < -0.4 is 0 Å². The van der Waals surface area contributed by atoms with E-state index >= 15 is 0 Å². The summed E-state index contributed by atoms with van der Waals surface area (Å²) >= 11 is 0. The molecule has 3 aromatic rings. The minimum atomic E-state index is -1.23. The second kappa shape index (κ2) is 5.56. The van der Waals surface area contributed by atoms with E-state index in [2.05, 4.69) is 15.3 Å². The Morgan fingerprint density at radius 2 is 2.04 bits per heavy atom. The Morgan fingerprint density at radius 3 is 2.74 bits per heavy atom. The van der Waals surface area contributed by atoms with Crippen LogP contribution in [0.1, 0.15) is 34.7 Å². The molecule has 1 aromatic carbocycles. The van der Waals surface area contributed by atoms with E-state index in [4.69, 9.17) is 5.11 Å². The number of hydrogen-bond donors (Lipinski definition) is 3. The predicted molar refractivity (Wildman–Crippen MR) is 80.4 cm³/mol. The van der Waals surface area contributed by atoms with Gasteiger partial charge in [-0.25, -0.2) is 14.3 Å². The molecule has 0 spiro atoms. The number of fused-ring (bicyclic) bond motifs is 1. The van der Waals surface area contributed by atoms with Crippen LogP contribution in [0.3, 0.4) is 0 Å². The monoisotopic (exact) mass is 314 g/mol. The quantitative estimate of drug-likeness (QED) is 0.659. The van der Waals surface area contributed by atoms with Crippen LogP contribution in [0, 0.1) is 0 Å². The molecule has 0 aliphatic carbocycles. The maximum absolute atomic E-state index is 11.3. The molecule has 1 unspecified atom stereocenters. The number of rotatable bonds is 5. The molecule has 8 heteroatoms. The Balaban J connectivity index is 2.09. The van der Waals surface area contributed by atoms with Gasteiger partial charge in [0.15, 0.2) is 5.69 Å². The average Bonchev–Trinajstić information content (AvgIpc) is 3.12. The maximum atomic E-state index is 11.3. The number of carbonyl (C=O) groups is 2. The SMILES string of the molecule is CC(C(=O)O)n1nnc(C(=O)O)c1Cc1c[nH]c2ccccc12. The van der Waals surface area contributed by atoms with Crippen LogP contribution in [-0.2, 0) is 11.2 Å². The lowest BCUT2D eigenvalue weighted by Crippen LogP contribution is -2.20. The fourth-order valence-electron chi connectivity index (χ4n) is 2.52. The molecular weight excluding hydrogens is 300 g/mol. The first-order valence-electron chi connectivity index (χ1n) is 6.94. The highest BCUT2D eigenvalue weighted by Crippen LogP contribution is 2.23. The number of hydrogen-bond acceptors (Lipinski definition) is 4. The van der Waals surface area contributed by atoms with Crippen molar-refractivity contribution in [3.05, 3.63) is 47.4 Å². The Labute approximate surface area is 130 Å². The highest BCUT2D eigenvalue weighted by atomic mass is 16.4. The first kappa shape index (κ1) is 14.8. The minimum Gasteiger partial charge on any atom is -0.480 e. The number of benzene rings is 1. The van der Waals surface area contributed by atoms with Crippen LogP contribution in [0.4, 0.5) is 0 Å². The molecule has 0 amide bonds. The number of nitrogens with one attached hydrogen (secondary N) is 1. The summed E-state index contributed by atoms with van der Waals surface area (Å²) in [6.07, 6.45) is 2.00. The van der Waals surface area contributed by atoms with E-state index in [0.29, 0.717) is 0 Å². The summed E-state index contributed by atoms with van der Waals surface area (Å²) in [5.74, 6) is -2.34. The van der Waals surface area contributed by atoms with E-state index in [1.807, 2.05) is 24.3 Å². The number of H-pyrrole nitrogens is 1. The number of carboxylic acids is 2. The van der Waals surface area contributed by atoms with Crippen molar-refractivity contribution in [1.29, 1.82) is 0 Å². The van der Waals surface area contributed by atoms with Crippen LogP contribution >= 0.6 is 0 Å². The Kier molecular flexibility index (Phi) is 3.57. The van der Waals surface area contributed by atoms with Crippen LogP contribution in [0.2, 0.25) is 0 Å². The number of para-hydroxylation sites is 1. The highest BCUT2D eigenvalue weighted by Gasteiger charge is 2.25. The third-order valence-electron chi connectivity index (χ3n) is 3.75. The van der Waals surface area contributed by atoms with Crippen molar-refractivity contribution in [3.8, 4) is 0 Å². The van der Waals surface area contributed by atoms with Crippen LogP contribution in [-0.4, -0.2) is 42.1 Å². The van der Waals surface area contributed by atoms with E-state index in [9.17, 15) is 14.7 Å². The molecule has 0 saturated carbocycles. The molecule has 3 rings (SSSR count). The van der Waals surface area contributed by atoms with Crippen molar-refractivity contribution in [3.63, 3.8) is 0 Å². The molecule has 2 aromatic heterocycles. The molecule has 118 valence electrons. The van der Waals surface area contributed by atoms with Crippen molar-refractivity contribution >= 4 is 22.8 Å². The number of aromatic nitrogens is 4. The second-order valence-corrected chi connectivity index (χ2v) is 5.18. The van der Waals surface area contributed by atoms with E-state index in [1.54, 1.807) is 6.20 Å². The molecule has 23 heavy (non-hydrogen) atoms. The van der Waals surface area contributed by atoms with Gasteiger partial charge in [0.1, 0.15) is 6.04 Å². The Morgan fingerprint density at radius 1 is 1.30 bits per heavy atom. The van der Waals surface area contributed by atoms with Gasteiger partial charge in [0.05, 0.1) is 5.69 Å². The molecule has 3 N–H and O–H groups in total. The van der Waals surface area contributed by atoms with Gasteiger partial charge >= 0.3 is 11.9 Å². The topological polar surface area (TPSA) is 121 Å². The van der Waals surface area contributed by atoms with E-state index in [-0.39, 0.29) is 17.8 Å². The first-order chi connectivity index (χ1) is 11.0. The van der Waals surface area contributed by atoms with Crippen molar-refractivity contribution in [2.45, 2.75) is 19.4 Å². The summed E-state index contributed by atoms with van der Waals surface area (Å²) in [4.78, 5) is 25.7. The molecule has 0 radical (unpaired) electrons. The first-order valence-corrected chi connectivity index (χ1v) is 6.94. The van der Waals surface area contributed by atoms with Gasteiger partial charge in [0.2, 0.25) is 0 Å². The zero-order valence-electron chi connectivity index (χ0n) is 12.2. The lowest BCUT2D eigenvalue weighted by atomic mass is 10.1. The Hall–Kier alpha value is -3.16. The van der Waals surface area contributed by atoms with Gasteiger partial charge in [-0.3, -0.25) is 0 Å². The Bertz CT molecular complexity index is 896. The third kappa shape index (κ3) is 2.54. The fraction of sp³-hybridized carbons (Fsp3) is 0.200. The molecule has 8 nitrogen and oxygen atoms in total. The van der Waals surface area contributed by atoms with E-state index < -0.39 is 18.0 Å². The normalized spacial score (nSPS) is 12.4. The zero-order valence-corrected chi connectivity index (χ0v) is 12.2. The van der Waals surface area contributed by atoms with Gasteiger partial charge in [-0.05, 0) is 18.6 Å². The van der Waals surface area contributed by atoms with Gasteiger partial charge in [0.25, 0.3) is 0 Å². The maximum Gasteiger partial charge on any atom is 0.358 e. The number of nitrogens with zero attached hydrogens (tertiary/aromatic N) is 3. The van der Waals surface area contributed by atoms with Crippen molar-refractivity contribution in [1.82, 2.24) is 20.0 Å². The fourth-order valence-corrected chi connectivity index (χ4v) is 2.52. The zero-order chi connectivity index (χ0) is 16.6. The largest absolute Gasteiger partial charge is 0.480 e. The smallest absolute Gasteiger partial charge is 0.358 e. The van der Waals surface area contributed by atoms with Crippen molar-refractivity contribution in [2.75, 3.05) is 0 Å². The highest BCUT2D eigenvalue weighted by molar-refractivity contribution is 5.88. The number of aromatic amines is 1. The molecule has 2 heterocycles. The molecule has 1 atom stereocenters. The number of aromatic carboxylic acids is 1. The molecule has 0 fully saturated rings. The number of aliphatic carboxylic acids is 1. The summed E-state index contributed by atoms with van der Waals surface area (Å²) in [5.41, 5.74) is 1.80. The summed E-state index contributed by atoms with van der Waals surface area (Å²) in [6.45, 7) is 1.43. The van der Waals surface area contributed by atoms with Gasteiger partial charge in [-0.1, -0.05) is 23.4 Å². The van der Waals surface area contributed by atoms with Gasteiger partial charge in [-0.15, -0.1) is 5.10 Å². The average molecular weight is 314 g/mol. The predicted octanol–water partition coefficient (Wildman–Crippen LogP) is 1.69. The molecule has 0 bridgehead atoms. The summed E-state index contributed by atoms with van der Waals surface area (Å²) in [5, 5.41) is 26.7. The van der Waals surface area contributed by atoms with Crippen LogP contribution in [0.25, 0.3) is 10.9 Å². The summed E-state index contributed by atoms with van der Waals surface area (Å²) in [6, 6.07) is 6.59. The minimum absolute atomic E-state index is 0.219. The van der Waals surface area contributed by atoms with Gasteiger partial charge < -0.3 is 15.2 Å². The molecular formula is C15H14N4O4. The summed E-state index contributed by atoms with van der Waals surface area (Å²) < 4.78 is 1.15. The lowest BCUT2D eigenvalue weighted by Gasteiger charge is -2.10. The van der Waals surface area contributed by atoms with Gasteiger partial charge in [-0.2, -0.15) is 0 Å². The third-order valence-corrected chi connectivity index (χ3v) is 3.75. The lowest BCUT2D eigenvalue weighted by molar-refractivity contribution is -0.140.